The minimum absolute atomic E-state index is 0.115. The van der Waals surface area contributed by atoms with Gasteiger partial charge in [0.2, 0.25) is 11.9 Å². The number of nitrogens with one attached hydrogen (secondary N) is 2. The number of rotatable bonds is 6. The molecule has 0 unspecified atom stereocenters. The van der Waals surface area contributed by atoms with Crippen LogP contribution in [0, 0.1) is 0 Å². The lowest BCUT2D eigenvalue weighted by molar-refractivity contribution is 0.710. The number of H-pyrrole nitrogens is 1. The predicted molar refractivity (Wildman–Crippen MR) is 99.3 cm³/mol. The molecule has 0 saturated heterocycles. The summed E-state index contributed by atoms with van der Waals surface area (Å²) in [7, 11) is 3.80. The monoisotopic (exact) mass is 341 g/mol. The highest BCUT2D eigenvalue weighted by Crippen LogP contribution is 2.15. The van der Waals surface area contributed by atoms with Crippen LogP contribution in [-0.4, -0.2) is 45.1 Å². The molecule has 0 bridgehead atoms. The SMILES string of the molecule is CC(C)c1nc(NCCn2c(=O)[nH]c3ccccc32)nc(N(C)C)n1. The van der Waals surface area contributed by atoms with Gasteiger partial charge in [0.25, 0.3) is 0 Å². The van der Waals surface area contributed by atoms with Gasteiger partial charge in [-0.3, -0.25) is 4.57 Å². The van der Waals surface area contributed by atoms with Gasteiger partial charge in [-0.15, -0.1) is 0 Å². The molecule has 132 valence electrons. The topological polar surface area (TPSA) is 91.7 Å². The maximum absolute atomic E-state index is 12.1. The van der Waals surface area contributed by atoms with Crippen LogP contribution in [0.1, 0.15) is 25.6 Å². The summed E-state index contributed by atoms with van der Waals surface area (Å²) < 4.78 is 1.71. The van der Waals surface area contributed by atoms with Crippen LogP contribution in [0.2, 0.25) is 0 Å². The lowest BCUT2D eigenvalue weighted by Crippen LogP contribution is -2.23. The lowest BCUT2D eigenvalue weighted by Gasteiger charge is -2.14. The van der Waals surface area contributed by atoms with Crippen molar-refractivity contribution in [1.82, 2.24) is 24.5 Å². The predicted octanol–water partition coefficient (Wildman–Crippen LogP) is 1.82. The number of benzene rings is 1. The van der Waals surface area contributed by atoms with Gasteiger partial charge >= 0.3 is 5.69 Å². The minimum atomic E-state index is -0.115. The Bertz CT molecular complexity index is 900. The number of hydrogen-bond donors (Lipinski definition) is 2. The van der Waals surface area contributed by atoms with Gasteiger partial charge in [-0.05, 0) is 12.1 Å². The van der Waals surface area contributed by atoms with E-state index >= 15 is 0 Å². The van der Waals surface area contributed by atoms with Crippen molar-refractivity contribution >= 4 is 22.9 Å². The molecular weight excluding hydrogens is 318 g/mol. The molecule has 0 radical (unpaired) electrons. The van der Waals surface area contributed by atoms with Gasteiger partial charge in [0, 0.05) is 33.1 Å². The van der Waals surface area contributed by atoms with E-state index in [0.29, 0.717) is 25.0 Å². The van der Waals surface area contributed by atoms with Crippen LogP contribution in [0.25, 0.3) is 11.0 Å². The molecule has 2 N–H and O–H groups in total. The number of hydrogen-bond acceptors (Lipinski definition) is 6. The Morgan fingerprint density at radius 1 is 1.20 bits per heavy atom. The molecule has 0 aliphatic carbocycles. The maximum atomic E-state index is 12.1. The second-order valence-electron chi connectivity index (χ2n) is 6.39. The Hall–Kier alpha value is -2.90. The van der Waals surface area contributed by atoms with E-state index in [1.54, 1.807) is 4.57 Å². The number of fused-ring (bicyclic) bond motifs is 1. The first-order valence-electron chi connectivity index (χ1n) is 8.30. The summed E-state index contributed by atoms with van der Waals surface area (Å²) >= 11 is 0. The average molecular weight is 341 g/mol. The van der Waals surface area contributed by atoms with E-state index in [0.717, 1.165) is 16.9 Å². The van der Waals surface area contributed by atoms with E-state index in [9.17, 15) is 4.79 Å². The third-order valence-corrected chi connectivity index (χ3v) is 3.86. The summed E-state index contributed by atoms with van der Waals surface area (Å²) in [6.45, 7) is 5.15. The highest BCUT2D eigenvalue weighted by Gasteiger charge is 2.11. The van der Waals surface area contributed by atoms with Crippen LogP contribution in [0.3, 0.4) is 0 Å². The van der Waals surface area contributed by atoms with Gasteiger partial charge in [-0.1, -0.05) is 26.0 Å². The van der Waals surface area contributed by atoms with Gasteiger partial charge in [-0.2, -0.15) is 15.0 Å². The summed E-state index contributed by atoms with van der Waals surface area (Å²) in [5.41, 5.74) is 1.61. The van der Waals surface area contributed by atoms with E-state index in [1.807, 2.05) is 57.1 Å². The Morgan fingerprint density at radius 2 is 1.96 bits per heavy atom. The van der Waals surface area contributed by atoms with Crippen LogP contribution in [-0.2, 0) is 6.54 Å². The van der Waals surface area contributed by atoms with Crippen LogP contribution in [0.5, 0.6) is 0 Å². The molecule has 25 heavy (non-hydrogen) atoms. The van der Waals surface area contributed by atoms with Gasteiger partial charge in [0.1, 0.15) is 5.82 Å². The fraction of sp³-hybridized carbons (Fsp3) is 0.412. The second-order valence-corrected chi connectivity index (χ2v) is 6.39. The Balaban J connectivity index is 1.77. The lowest BCUT2D eigenvalue weighted by atomic mass is 10.2. The summed E-state index contributed by atoms with van der Waals surface area (Å²) in [6.07, 6.45) is 0. The van der Waals surface area contributed by atoms with E-state index in [2.05, 4.69) is 25.3 Å². The third kappa shape index (κ3) is 3.62. The van der Waals surface area contributed by atoms with Crippen molar-refractivity contribution in [2.24, 2.45) is 0 Å². The Morgan fingerprint density at radius 3 is 2.68 bits per heavy atom. The van der Waals surface area contributed by atoms with Crippen molar-refractivity contribution < 1.29 is 0 Å². The zero-order valence-corrected chi connectivity index (χ0v) is 14.9. The van der Waals surface area contributed by atoms with Crippen molar-refractivity contribution in [2.45, 2.75) is 26.3 Å². The molecule has 0 aliphatic heterocycles. The molecule has 0 fully saturated rings. The molecule has 2 heterocycles. The third-order valence-electron chi connectivity index (χ3n) is 3.86. The van der Waals surface area contributed by atoms with Crippen molar-refractivity contribution in [2.75, 3.05) is 30.9 Å². The van der Waals surface area contributed by atoms with Crippen LogP contribution >= 0.6 is 0 Å². The molecule has 8 nitrogen and oxygen atoms in total. The van der Waals surface area contributed by atoms with Crippen molar-refractivity contribution in [3.05, 3.63) is 40.6 Å². The van der Waals surface area contributed by atoms with Crippen molar-refractivity contribution in [3.8, 4) is 0 Å². The number of aromatic nitrogens is 5. The number of anilines is 2. The van der Waals surface area contributed by atoms with E-state index in [1.165, 1.54) is 0 Å². The van der Waals surface area contributed by atoms with Crippen LogP contribution < -0.4 is 15.9 Å². The Labute approximate surface area is 145 Å². The van der Waals surface area contributed by atoms with Gasteiger partial charge in [0.15, 0.2) is 0 Å². The van der Waals surface area contributed by atoms with Gasteiger partial charge in [-0.25, -0.2) is 4.79 Å². The fourth-order valence-electron chi connectivity index (χ4n) is 2.53. The largest absolute Gasteiger partial charge is 0.352 e. The summed E-state index contributed by atoms with van der Waals surface area (Å²) in [5.74, 6) is 2.09. The highest BCUT2D eigenvalue weighted by molar-refractivity contribution is 5.74. The molecule has 1 aromatic carbocycles. The number of nitrogens with zero attached hydrogens (tertiary/aromatic N) is 5. The fourth-order valence-corrected chi connectivity index (χ4v) is 2.53. The smallest absolute Gasteiger partial charge is 0.326 e. The molecule has 0 spiro atoms. The first kappa shape index (κ1) is 16.9. The van der Waals surface area contributed by atoms with E-state index in [4.69, 9.17) is 0 Å². The maximum Gasteiger partial charge on any atom is 0.326 e. The molecule has 0 saturated carbocycles. The molecule has 0 aliphatic rings. The quantitative estimate of drug-likeness (QED) is 0.710. The standard InChI is InChI=1S/C17H23N7O/c1-11(2)14-20-15(22-16(21-14)23(3)4)18-9-10-24-13-8-6-5-7-12(13)19-17(24)25/h5-8,11H,9-10H2,1-4H3,(H,19,25)(H,18,20,21,22). The minimum Gasteiger partial charge on any atom is -0.352 e. The number of para-hydroxylation sites is 2. The summed E-state index contributed by atoms with van der Waals surface area (Å²) in [6, 6.07) is 7.65. The van der Waals surface area contributed by atoms with Gasteiger partial charge in [0.05, 0.1) is 11.0 Å². The van der Waals surface area contributed by atoms with Crippen LogP contribution in [0.4, 0.5) is 11.9 Å². The number of imidazole rings is 1. The zero-order chi connectivity index (χ0) is 18.0. The molecule has 3 rings (SSSR count). The van der Waals surface area contributed by atoms with Gasteiger partial charge < -0.3 is 15.2 Å². The molecular formula is C17H23N7O. The normalized spacial score (nSPS) is 11.2. The summed E-state index contributed by atoms with van der Waals surface area (Å²) in [4.78, 5) is 30.1. The molecule has 0 amide bonds. The van der Waals surface area contributed by atoms with E-state index in [-0.39, 0.29) is 11.6 Å². The molecule has 0 atom stereocenters. The molecule has 8 heteroatoms. The first-order chi connectivity index (χ1) is 12.0. The second kappa shape index (κ2) is 6.92. The molecule has 3 aromatic rings. The summed E-state index contributed by atoms with van der Waals surface area (Å²) in [5, 5.41) is 3.20. The highest BCUT2D eigenvalue weighted by atomic mass is 16.1. The van der Waals surface area contributed by atoms with E-state index < -0.39 is 0 Å². The van der Waals surface area contributed by atoms with Crippen molar-refractivity contribution in [3.63, 3.8) is 0 Å². The first-order valence-corrected chi connectivity index (χ1v) is 8.30. The number of aromatic amines is 1. The van der Waals surface area contributed by atoms with Crippen LogP contribution in [0.15, 0.2) is 29.1 Å². The molecule has 2 aromatic heterocycles. The average Bonchev–Trinajstić information content (AvgIpc) is 2.90. The Kier molecular flexibility index (Phi) is 4.69. The van der Waals surface area contributed by atoms with Crippen molar-refractivity contribution in [1.29, 1.82) is 0 Å². The zero-order valence-electron chi connectivity index (χ0n) is 14.9.